The van der Waals surface area contributed by atoms with E-state index in [-0.39, 0.29) is 12.0 Å². The summed E-state index contributed by atoms with van der Waals surface area (Å²) in [5, 5.41) is 11.2. The summed E-state index contributed by atoms with van der Waals surface area (Å²) in [7, 11) is 0. The fourth-order valence-corrected chi connectivity index (χ4v) is 2.62. The predicted octanol–water partition coefficient (Wildman–Crippen LogP) is 4.30. The molecule has 1 aromatic heterocycles. The molecule has 1 N–H and O–H groups in total. The summed E-state index contributed by atoms with van der Waals surface area (Å²) >= 11 is 0. The third-order valence-corrected chi connectivity index (χ3v) is 3.61. The van der Waals surface area contributed by atoms with Gasteiger partial charge in [0.15, 0.2) is 0 Å². The monoisotopic (exact) mass is 288 g/mol. The van der Waals surface area contributed by atoms with E-state index in [1.54, 1.807) is 13.0 Å². The fourth-order valence-electron chi connectivity index (χ4n) is 2.62. The van der Waals surface area contributed by atoms with Gasteiger partial charge in [-0.05, 0) is 25.1 Å². The average molecular weight is 288 g/mol. The molecule has 1 unspecified atom stereocenters. The maximum absolute atomic E-state index is 13.7. The minimum atomic E-state index is -1.03. The molecule has 0 saturated carbocycles. The van der Waals surface area contributed by atoms with E-state index in [1.807, 2.05) is 18.2 Å². The predicted molar refractivity (Wildman–Crippen MR) is 76.0 cm³/mol. The Morgan fingerprint density at radius 1 is 1.05 bits per heavy atom. The molecule has 0 aliphatic heterocycles. The van der Waals surface area contributed by atoms with Gasteiger partial charge < -0.3 is 9.52 Å². The van der Waals surface area contributed by atoms with E-state index in [4.69, 9.17) is 4.42 Å². The molecule has 108 valence electrons. The molecule has 2 aromatic carbocycles. The number of aryl methyl sites for hydroxylation is 1. The van der Waals surface area contributed by atoms with Crippen LogP contribution in [0.2, 0.25) is 0 Å². The second kappa shape index (κ2) is 5.30. The molecule has 0 aliphatic carbocycles. The van der Waals surface area contributed by atoms with E-state index in [9.17, 15) is 13.9 Å². The van der Waals surface area contributed by atoms with Crippen LogP contribution in [0.15, 0.2) is 46.9 Å². The van der Waals surface area contributed by atoms with Gasteiger partial charge in [-0.2, -0.15) is 0 Å². The van der Waals surface area contributed by atoms with E-state index in [1.165, 1.54) is 18.2 Å². The quantitative estimate of drug-likeness (QED) is 0.779. The highest BCUT2D eigenvalue weighted by atomic mass is 19.1. The Kier molecular flexibility index (Phi) is 3.47. The molecule has 4 heteroatoms. The number of halogens is 2. The summed E-state index contributed by atoms with van der Waals surface area (Å²) in [4.78, 5) is 0. The van der Waals surface area contributed by atoms with Crippen LogP contribution in [0.3, 0.4) is 0 Å². The highest BCUT2D eigenvalue weighted by molar-refractivity contribution is 5.82. The molecule has 1 atom stereocenters. The highest BCUT2D eigenvalue weighted by Crippen LogP contribution is 2.32. The number of aliphatic hydroxyl groups excluding tert-OH is 1. The maximum atomic E-state index is 13.7. The van der Waals surface area contributed by atoms with Gasteiger partial charge in [0.2, 0.25) is 0 Å². The molecule has 0 bridgehead atoms. The summed E-state index contributed by atoms with van der Waals surface area (Å²) in [6, 6.07) is 11.0. The number of rotatable bonds is 3. The van der Waals surface area contributed by atoms with Crippen LogP contribution in [-0.2, 0) is 6.42 Å². The molecule has 0 amide bonds. The van der Waals surface area contributed by atoms with Gasteiger partial charge in [-0.15, -0.1) is 0 Å². The van der Waals surface area contributed by atoms with Crippen LogP contribution in [0.5, 0.6) is 0 Å². The normalized spacial score (nSPS) is 12.8. The topological polar surface area (TPSA) is 33.4 Å². The number of fused-ring (bicyclic) bond motifs is 1. The molecule has 3 rings (SSSR count). The molecule has 0 radical (unpaired) electrons. The van der Waals surface area contributed by atoms with Gasteiger partial charge in [0.25, 0.3) is 0 Å². The zero-order valence-electron chi connectivity index (χ0n) is 11.4. The first-order valence-corrected chi connectivity index (χ1v) is 6.67. The van der Waals surface area contributed by atoms with Crippen molar-refractivity contribution in [2.75, 3.05) is 0 Å². The first-order chi connectivity index (χ1) is 10.1. The van der Waals surface area contributed by atoms with Crippen molar-refractivity contribution in [3.63, 3.8) is 0 Å². The van der Waals surface area contributed by atoms with E-state index < -0.39 is 17.7 Å². The van der Waals surface area contributed by atoms with Crippen molar-refractivity contribution in [2.45, 2.75) is 19.4 Å². The van der Waals surface area contributed by atoms with Crippen LogP contribution in [0.1, 0.15) is 23.0 Å². The van der Waals surface area contributed by atoms with Crippen LogP contribution >= 0.6 is 0 Å². The number of benzene rings is 2. The smallest absolute Gasteiger partial charge is 0.134 e. The molecular weight excluding hydrogens is 274 g/mol. The van der Waals surface area contributed by atoms with Crippen molar-refractivity contribution in [3.8, 4) is 0 Å². The molecule has 0 saturated heterocycles. The summed E-state index contributed by atoms with van der Waals surface area (Å²) in [5.74, 6) is -0.751. The Labute approximate surface area is 120 Å². The second-order valence-electron chi connectivity index (χ2n) is 4.99. The van der Waals surface area contributed by atoms with Gasteiger partial charge >= 0.3 is 0 Å². The Morgan fingerprint density at radius 3 is 2.43 bits per heavy atom. The van der Waals surface area contributed by atoms with Crippen LogP contribution in [-0.4, -0.2) is 5.11 Å². The molecule has 0 aliphatic rings. The Balaban J connectivity index is 2.01. The summed E-state index contributed by atoms with van der Waals surface area (Å²) in [5.41, 5.74) is 1.11. The summed E-state index contributed by atoms with van der Waals surface area (Å²) in [6.45, 7) is 1.73. The van der Waals surface area contributed by atoms with E-state index >= 15 is 0 Å². The van der Waals surface area contributed by atoms with Crippen molar-refractivity contribution in [3.05, 3.63) is 71.0 Å². The largest absolute Gasteiger partial charge is 0.461 e. The third-order valence-electron chi connectivity index (χ3n) is 3.61. The Hall–Kier alpha value is -2.20. The van der Waals surface area contributed by atoms with Gasteiger partial charge in [0.05, 0.1) is 6.10 Å². The van der Waals surface area contributed by atoms with E-state index in [0.717, 1.165) is 5.39 Å². The zero-order valence-corrected chi connectivity index (χ0v) is 11.4. The lowest BCUT2D eigenvalue weighted by Gasteiger charge is -2.12. The Bertz CT molecular complexity index is 772. The summed E-state index contributed by atoms with van der Waals surface area (Å²) < 4.78 is 33.0. The number of hydrogen-bond donors (Lipinski definition) is 1. The van der Waals surface area contributed by atoms with E-state index in [0.29, 0.717) is 16.9 Å². The first-order valence-electron chi connectivity index (χ1n) is 6.67. The van der Waals surface area contributed by atoms with Crippen LogP contribution in [0.25, 0.3) is 11.0 Å². The fraction of sp³-hybridized carbons (Fsp3) is 0.176. The molecule has 0 spiro atoms. The van der Waals surface area contributed by atoms with Crippen LogP contribution in [0, 0.1) is 18.6 Å². The van der Waals surface area contributed by atoms with Gasteiger partial charge in [0, 0.05) is 22.9 Å². The maximum Gasteiger partial charge on any atom is 0.134 e. The van der Waals surface area contributed by atoms with Gasteiger partial charge in [-0.25, -0.2) is 8.78 Å². The number of hydrogen-bond acceptors (Lipinski definition) is 2. The lowest BCUT2D eigenvalue weighted by atomic mass is 9.98. The minimum absolute atomic E-state index is 0.116. The average Bonchev–Trinajstić information content (AvgIpc) is 2.78. The van der Waals surface area contributed by atoms with Crippen LogP contribution in [0.4, 0.5) is 8.78 Å². The molecule has 2 nitrogen and oxygen atoms in total. The SMILES string of the molecule is Cc1oc2ccccc2c1C(O)Cc1c(F)cccc1F. The second-order valence-corrected chi connectivity index (χ2v) is 4.99. The van der Waals surface area contributed by atoms with Crippen molar-refractivity contribution in [1.82, 2.24) is 0 Å². The lowest BCUT2D eigenvalue weighted by Crippen LogP contribution is -2.06. The van der Waals surface area contributed by atoms with Crippen molar-refractivity contribution in [2.24, 2.45) is 0 Å². The lowest BCUT2D eigenvalue weighted by molar-refractivity contribution is 0.175. The van der Waals surface area contributed by atoms with Crippen molar-refractivity contribution >= 4 is 11.0 Å². The molecule has 1 heterocycles. The molecule has 0 fully saturated rings. The molecule has 3 aromatic rings. The first kappa shape index (κ1) is 13.8. The van der Waals surface area contributed by atoms with Gasteiger partial charge in [0.1, 0.15) is 23.0 Å². The highest BCUT2D eigenvalue weighted by Gasteiger charge is 2.21. The van der Waals surface area contributed by atoms with Crippen molar-refractivity contribution in [1.29, 1.82) is 0 Å². The summed E-state index contributed by atoms with van der Waals surface area (Å²) in [6.07, 6.45) is -1.16. The zero-order chi connectivity index (χ0) is 15.0. The van der Waals surface area contributed by atoms with E-state index in [2.05, 4.69) is 0 Å². The third kappa shape index (κ3) is 2.43. The van der Waals surface area contributed by atoms with Gasteiger partial charge in [-0.3, -0.25) is 0 Å². The van der Waals surface area contributed by atoms with Gasteiger partial charge in [-0.1, -0.05) is 24.3 Å². The standard InChI is InChI=1S/C17H14F2O2/c1-10-17(11-5-2-3-8-16(11)21-10)15(20)9-12-13(18)6-4-7-14(12)19/h2-8,15,20H,9H2,1H3. The number of furan rings is 1. The molecule has 21 heavy (non-hydrogen) atoms. The minimum Gasteiger partial charge on any atom is -0.461 e. The number of aliphatic hydroxyl groups is 1. The molecular formula is C17H14F2O2. The van der Waals surface area contributed by atoms with Crippen LogP contribution < -0.4 is 0 Å². The Morgan fingerprint density at radius 2 is 1.71 bits per heavy atom. The number of para-hydroxylation sites is 1. The van der Waals surface area contributed by atoms with Crippen molar-refractivity contribution < 1.29 is 18.3 Å².